The molecular weight excluding hydrogens is 466 g/mol. The van der Waals surface area contributed by atoms with E-state index >= 15 is 0 Å². The van der Waals surface area contributed by atoms with Gasteiger partial charge in [-0.2, -0.15) is 0 Å². The smallest absolute Gasteiger partial charge is 0.0514 e. The van der Waals surface area contributed by atoms with Crippen LogP contribution in [0.5, 0.6) is 0 Å². The summed E-state index contributed by atoms with van der Waals surface area (Å²) < 4.78 is 0. The van der Waals surface area contributed by atoms with Crippen molar-refractivity contribution < 1.29 is 0 Å². The highest BCUT2D eigenvalue weighted by molar-refractivity contribution is 5.45. The highest BCUT2D eigenvalue weighted by atomic mass is 15.2. The molecule has 2 aromatic rings. The minimum absolute atomic E-state index is 0.0593. The summed E-state index contributed by atoms with van der Waals surface area (Å²) in [5.41, 5.74) is 21.4. The number of pyridine rings is 1. The van der Waals surface area contributed by atoms with Crippen molar-refractivity contribution in [3.8, 4) is 0 Å². The van der Waals surface area contributed by atoms with Crippen molar-refractivity contribution in [2.45, 2.75) is 114 Å². The minimum atomic E-state index is 0.0593. The first kappa shape index (κ1) is 26.4. The van der Waals surface area contributed by atoms with E-state index in [1.54, 1.807) is 5.56 Å². The van der Waals surface area contributed by atoms with Gasteiger partial charge in [0.05, 0.1) is 5.69 Å². The number of aromatic nitrogens is 1. The van der Waals surface area contributed by atoms with E-state index in [9.17, 15) is 0 Å². The second kappa shape index (κ2) is 9.12. The Balaban J connectivity index is 1.15. The molecule has 2 saturated heterocycles. The van der Waals surface area contributed by atoms with E-state index in [4.69, 9.17) is 16.5 Å². The van der Waals surface area contributed by atoms with Gasteiger partial charge in [0, 0.05) is 40.2 Å². The maximum Gasteiger partial charge on any atom is 0.0514 e. The predicted molar refractivity (Wildman–Crippen MR) is 157 cm³/mol. The number of rotatable bonds is 3. The van der Waals surface area contributed by atoms with Crippen LogP contribution in [0.3, 0.4) is 0 Å². The molecule has 1 aromatic heterocycles. The van der Waals surface area contributed by atoms with Crippen LogP contribution >= 0.6 is 0 Å². The van der Waals surface area contributed by atoms with Gasteiger partial charge in [0.15, 0.2) is 0 Å². The summed E-state index contributed by atoms with van der Waals surface area (Å²) in [7, 11) is 0. The molecule has 2 aliphatic carbocycles. The molecule has 0 amide bonds. The first-order valence-electron chi connectivity index (χ1n) is 15.0. The van der Waals surface area contributed by atoms with Gasteiger partial charge in [0.1, 0.15) is 0 Å². The fraction of sp³-hybridized carbons (Fsp3) is 0.667. The van der Waals surface area contributed by atoms with Crippen LogP contribution < -0.4 is 11.5 Å². The second-order valence-corrected chi connectivity index (χ2v) is 14.6. The SMILES string of the molecule is CC(C)(C)N1CCC2(CC1)c1ccc(CC(C)(C)N3CCC4(CC3)c3ncccc3C[C@H]4N)cc1C[C@H]2N. The van der Waals surface area contributed by atoms with Gasteiger partial charge in [-0.25, -0.2) is 0 Å². The van der Waals surface area contributed by atoms with Gasteiger partial charge in [0.2, 0.25) is 0 Å². The van der Waals surface area contributed by atoms with Gasteiger partial charge in [-0.15, -0.1) is 0 Å². The minimum Gasteiger partial charge on any atom is -0.327 e. The molecule has 6 rings (SSSR count). The molecule has 1 aromatic carbocycles. The monoisotopic (exact) mass is 515 g/mol. The predicted octanol–water partition coefficient (Wildman–Crippen LogP) is 4.34. The van der Waals surface area contributed by atoms with E-state index in [0.29, 0.717) is 0 Å². The third-order valence-corrected chi connectivity index (χ3v) is 11.1. The molecule has 38 heavy (non-hydrogen) atoms. The number of nitrogens with zero attached hydrogens (tertiary/aromatic N) is 3. The molecule has 2 spiro atoms. The Morgan fingerprint density at radius 1 is 0.816 bits per heavy atom. The quantitative estimate of drug-likeness (QED) is 0.637. The van der Waals surface area contributed by atoms with Crippen molar-refractivity contribution in [1.82, 2.24) is 14.8 Å². The first-order chi connectivity index (χ1) is 17.9. The summed E-state index contributed by atoms with van der Waals surface area (Å²) in [4.78, 5) is 10.2. The molecule has 2 fully saturated rings. The van der Waals surface area contributed by atoms with Gasteiger partial charge in [-0.05, 0) is 134 Å². The fourth-order valence-corrected chi connectivity index (χ4v) is 8.65. The molecule has 2 atom stereocenters. The molecule has 0 unspecified atom stereocenters. The van der Waals surface area contributed by atoms with E-state index in [0.717, 1.165) is 58.3 Å². The van der Waals surface area contributed by atoms with E-state index in [1.165, 1.54) is 35.2 Å². The Kier molecular flexibility index (Phi) is 6.35. The van der Waals surface area contributed by atoms with Crippen LogP contribution in [0, 0.1) is 0 Å². The molecule has 4 aliphatic rings. The molecule has 206 valence electrons. The second-order valence-electron chi connectivity index (χ2n) is 14.6. The summed E-state index contributed by atoms with van der Waals surface area (Å²) in [6.07, 6.45) is 9.58. The Morgan fingerprint density at radius 2 is 1.42 bits per heavy atom. The summed E-state index contributed by atoms with van der Waals surface area (Å²) in [6.45, 7) is 16.3. The van der Waals surface area contributed by atoms with Crippen molar-refractivity contribution in [2.75, 3.05) is 26.2 Å². The van der Waals surface area contributed by atoms with E-state index < -0.39 is 0 Å². The maximum absolute atomic E-state index is 6.90. The Morgan fingerprint density at radius 3 is 2.11 bits per heavy atom. The summed E-state index contributed by atoms with van der Waals surface area (Å²) >= 11 is 0. The lowest BCUT2D eigenvalue weighted by atomic mass is 9.70. The lowest BCUT2D eigenvalue weighted by Gasteiger charge is -2.48. The van der Waals surface area contributed by atoms with Crippen LogP contribution in [0.15, 0.2) is 36.5 Å². The lowest BCUT2D eigenvalue weighted by Crippen LogP contribution is -2.56. The molecule has 5 nitrogen and oxygen atoms in total. The lowest BCUT2D eigenvalue weighted by molar-refractivity contribution is 0.0569. The number of nitrogens with two attached hydrogens (primary N) is 2. The van der Waals surface area contributed by atoms with Crippen LogP contribution in [-0.4, -0.2) is 64.1 Å². The van der Waals surface area contributed by atoms with E-state index in [2.05, 4.69) is 74.8 Å². The van der Waals surface area contributed by atoms with E-state index in [-0.39, 0.29) is 34.0 Å². The zero-order valence-electron chi connectivity index (χ0n) is 24.4. The van der Waals surface area contributed by atoms with Gasteiger partial charge in [0.25, 0.3) is 0 Å². The van der Waals surface area contributed by atoms with Crippen molar-refractivity contribution >= 4 is 0 Å². The van der Waals surface area contributed by atoms with Gasteiger partial charge < -0.3 is 11.5 Å². The Bertz CT molecular complexity index is 1180. The van der Waals surface area contributed by atoms with Gasteiger partial charge >= 0.3 is 0 Å². The summed E-state index contributed by atoms with van der Waals surface area (Å²) in [5, 5.41) is 0. The van der Waals surface area contributed by atoms with Crippen LogP contribution in [0.4, 0.5) is 0 Å². The Hall–Kier alpha value is -1.79. The zero-order chi connectivity index (χ0) is 26.9. The topological polar surface area (TPSA) is 71.4 Å². The average Bonchev–Trinajstić information content (AvgIpc) is 3.29. The molecule has 0 saturated carbocycles. The van der Waals surface area contributed by atoms with Gasteiger partial charge in [-0.3, -0.25) is 14.8 Å². The van der Waals surface area contributed by atoms with Crippen LogP contribution in [0.25, 0.3) is 0 Å². The molecule has 5 heteroatoms. The first-order valence-corrected chi connectivity index (χ1v) is 15.0. The van der Waals surface area contributed by atoms with Crippen LogP contribution in [0.2, 0.25) is 0 Å². The van der Waals surface area contributed by atoms with Crippen molar-refractivity contribution in [1.29, 1.82) is 0 Å². The number of fused-ring (bicyclic) bond motifs is 4. The standard InChI is InChI=1S/C33H49N5/c1-30(2,3)37-15-10-32(11-16-37)26-9-8-23(19-25(26)21-27(32)34)22-31(4,5)38-17-12-33(13-18-38)28(35)20-24-7-6-14-36-29(24)33/h6-9,14,19,27-28H,10-13,15-18,20-22,34-35H2,1-5H3/t27-,28-/m1/s1. The van der Waals surface area contributed by atoms with Gasteiger partial charge in [-0.1, -0.05) is 24.3 Å². The number of piperidine rings is 2. The third-order valence-electron chi connectivity index (χ3n) is 11.1. The van der Waals surface area contributed by atoms with Crippen LogP contribution in [-0.2, 0) is 30.1 Å². The number of hydrogen-bond donors (Lipinski definition) is 2. The normalized spacial score (nSPS) is 27.1. The highest BCUT2D eigenvalue weighted by Crippen LogP contribution is 2.48. The molecule has 3 heterocycles. The highest BCUT2D eigenvalue weighted by Gasteiger charge is 2.50. The number of likely N-dealkylation sites (tertiary alicyclic amines) is 2. The van der Waals surface area contributed by atoms with Crippen LogP contribution in [0.1, 0.15) is 88.2 Å². The zero-order valence-corrected chi connectivity index (χ0v) is 24.4. The summed E-state index contributed by atoms with van der Waals surface area (Å²) in [6, 6.07) is 12.1. The molecular formula is C33H49N5. The molecule has 0 radical (unpaired) electrons. The Labute approximate surface area is 230 Å². The average molecular weight is 516 g/mol. The van der Waals surface area contributed by atoms with E-state index in [1.807, 2.05) is 6.20 Å². The maximum atomic E-state index is 6.90. The molecule has 2 aliphatic heterocycles. The number of hydrogen-bond acceptors (Lipinski definition) is 5. The number of benzene rings is 1. The molecule has 0 bridgehead atoms. The van der Waals surface area contributed by atoms with Crippen molar-refractivity contribution in [3.63, 3.8) is 0 Å². The van der Waals surface area contributed by atoms with Crippen molar-refractivity contribution in [3.05, 3.63) is 64.5 Å². The summed E-state index contributed by atoms with van der Waals surface area (Å²) in [5.74, 6) is 0. The third kappa shape index (κ3) is 4.16. The van der Waals surface area contributed by atoms with Crippen molar-refractivity contribution in [2.24, 2.45) is 11.5 Å². The largest absolute Gasteiger partial charge is 0.327 e. The fourth-order valence-electron chi connectivity index (χ4n) is 8.65. The molecule has 4 N–H and O–H groups in total.